The van der Waals surface area contributed by atoms with Gasteiger partial charge in [0.2, 0.25) is 5.88 Å². The van der Waals surface area contributed by atoms with Crippen molar-refractivity contribution in [3.63, 3.8) is 0 Å². The van der Waals surface area contributed by atoms with Gasteiger partial charge in [-0.3, -0.25) is 9.59 Å². The first kappa shape index (κ1) is 15.6. The van der Waals surface area contributed by atoms with Crippen LogP contribution >= 0.6 is 0 Å². The predicted molar refractivity (Wildman–Crippen MR) is 76.6 cm³/mol. The summed E-state index contributed by atoms with van der Waals surface area (Å²) in [5.41, 5.74) is 0.834. The van der Waals surface area contributed by atoms with E-state index in [9.17, 15) is 14.7 Å². The Balaban J connectivity index is 1.90. The molecule has 0 aliphatic heterocycles. The summed E-state index contributed by atoms with van der Waals surface area (Å²) in [6.07, 6.45) is -0.0924. The number of nitrogens with one attached hydrogen (secondary N) is 1. The minimum Gasteiger partial charge on any atom is -0.492 e. The van der Waals surface area contributed by atoms with Crippen molar-refractivity contribution in [3.05, 3.63) is 30.0 Å². The molecule has 1 aromatic carbocycles. The summed E-state index contributed by atoms with van der Waals surface area (Å²) in [6, 6.07) is 6.88. The first-order chi connectivity index (χ1) is 10.6. The number of carbonyl (C=O) groups is 2. The summed E-state index contributed by atoms with van der Waals surface area (Å²) in [5.74, 6) is -1.96. The predicted octanol–water partition coefficient (Wildman–Crippen LogP) is 0.556. The van der Waals surface area contributed by atoms with E-state index in [2.05, 4.69) is 15.3 Å². The Morgan fingerprint density at radius 1 is 1.14 bits per heavy atom. The number of carbonyl (C=O) groups excluding carboxylic acids is 1. The zero-order chi connectivity index (χ0) is 15.9. The van der Waals surface area contributed by atoms with Gasteiger partial charge in [0.05, 0.1) is 30.7 Å². The van der Waals surface area contributed by atoms with Crippen molar-refractivity contribution >= 4 is 22.9 Å². The van der Waals surface area contributed by atoms with Crippen LogP contribution in [0.2, 0.25) is 0 Å². The molecule has 0 atom stereocenters. The average Bonchev–Trinajstić information content (AvgIpc) is 2.49. The third-order valence-corrected chi connectivity index (χ3v) is 2.76. The number of fused-ring (bicyclic) bond motifs is 1. The van der Waals surface area contributed by atoms with Gasteiger partial charge in [0.1, 0.15) is 0 Å². The monoisotopic (exact) mass is 305 g/mol. The molecule has 0 radical (unpaired) electrons. The van der Waals surface area contributed by atoms with Crippen LogP contribution in [0.1, 0.15) is 16.9 Å². The number of para-hydroxylation sites is 2. The van der Waals surface area contributed by atoms with Crippen molar-refractivity contribution in [1.82, 2.24) is 15.3 Å². The number of benzene rings is 1. The number of hydrogen-bond donors (Lipinski definition) is 3. The van der Waals surface area contributed by atoms with Crippen molar-refractivity contribution in [2.24, 2.45) is 0 Å². The van der Waals surface area contributed by atoms with Gasteiger partial charge in [-0.05, 0) is 12.1 Å². The van der Waals surface area contributed by atoms with Crippen LogP contribution in [0.4, 0.5) is 0 Å². The number of rotatable bonds is 7. The number of amides is 1. The number of aromatic nitrogens is 2. The van der Waals surface area contributed by atoms with Crippen molar-refractivity contribution in [2.75, 3.05) is 19.8 Å². The van der Waals surface area contributed by atoms with Crippen LogP contribution in [0.25, 0.3) is 11.0 Å². The van der Waals surface area contributed by atoms with Crippen LogP contribution in [0, 0.1) is 0 Å². The lowest BCUT2D eigenvalue weighted by atomic mass is 10.3. The zero-order valence-electron chi connectivity index (χ0n) is 11.7. The highest BCUT2D eigenvalue weighted by molar-refractivity contribution is 5.96. The molecule has 2 rings (SSSR count). The Hall–Kier alpha value is -2.74. The maximum absolute atomic E-state index is 11.9. The van der Waals surface area contributed by atoms with E-state index in [-0.39, 0.29) is 31.9 Å². The van der Waals surface area contributed by atoms with Crippen LogP contribution in [0.15, 0.2) is 24.3 Å². The molecule has 1 amide bonds. The summed E-state index contributed by atoms with van der Waals surface area (Å²) < 4.78 is 5.04. The van der Waals surface area contributed by atoms with Gasteiger partial charge in [0.25, 0.3) is 5.91 Å². The van der Waals surface area contributed by atoms with Gasteiger partial charge in [0.15, 0.2) is 5.69 Å². The molecule has 0 fully saturated rings. The molecule has 0 unspecified atom stereocenters. The van der Waals surface area contributed by atoms with Crippen molar-refractivity contribution < 1.29 is 24.5 Å². The maximum Gasteiger partial charge on any atom is 0.305 e. The number of aromatic hydroxyl groups is 1. The first-order valence-corrected chi connectivity index (χ1v) is 6.61. The number of hydrogen-bond acceptors (Lipinski definition) is 6. The van der Waals surface area contributed by atoms with Gasteiger partial charge < -0.3 is 20.3 Å². The minimum atomic E-state index is -0.944. The largest absolute Gasteiger partial charge is 0.492 e. The molecule has 1 aromatic heterocycles. The maximum atomic E-state index is 11.9. The topological polar surface area (TPSA) is 122 Å². The van der Waals surface area contributed by atoms with Crippen molar-refractivity contribution in [1.29, 1.82) is 0 Å². The van der Waals surface area contributed by atoms with Gasteiger partial charge in [0, 0.05) is 6.54 Å². The molecule has 2 aromatic rings. The summed E-state index contributed by atoms with van der Waals surface area (Å²) in [6.45, 7) is 0.416. The lowest BCUT2D eigenvalue weighted by Crippen LogP contribution is -2.28. The molecule has 1 heterocycles. The number of carboxylic acid groups (broad SMARTS) is 1. The van der Waals surface area contributed by atoms with Gasteiger partial charge in [-0.1, -0.05) is 12.1 Å². The smallest absolute Gasteiger partial charge is 0.305 e. The number of nitrogens with zero attached hydrogens (tertiary/aromatic N) is 2. The fourth-order valence-corrected chi connectivity index (χ4v) is 1.73. The third kappa shape index (κ3) is 4.13. The Kier molecular flexibility index (Phi) is 5.21. The Bertz CT molecular complexity index is 689. The summed E-state index contributed by atoms with van der Waals surface area (Å²) >= 11 is 0. The summed E-state index contributed by atoms with van der Waals surface area (Å²) in [4.78, 5) is 30.2. The second-order valence-corrected chi connectivity index (χ2v) is 4.40. The third-order valence-electron chi connectivity index (χ3n) is 2.76. The Morgan fingerprint density at radius 2 is 1.82 bits per heavy atom. The second-order valence-electron chi connectivity index (χ2n) is 4.40. The van der Waals surface area contributed by atoms with Crippen molar-refractivity contribution in [2.45, 2.75) is 6.42 Å². The van der Waals surface area contributed by atoms with E-state index >= 15 is 0 Å². The summed E-state index contributed by atoms with van der Waals surface area (Å²) in [7, 11) is 0. The molecule has 22 heavy (non-hydrogen) atoms. The lowest BCUT2D eigenvalue weighted by molar-refractivity contribution is -0.138. The standard InChI is InChI=1S/C14H15N3O5/c18-11(19)5-7-22-8-6-15-13(20)12-14(21)17-10-4-2-1-3-9(10)16-12/h1-4H,5-8H2,(H,15,20)(H,17,21)(H,18,19). The van der Waals surface area contributed by atoms with E-state index in [0.717, 1.165) is 0 Å². The van der Waals surface area contributed by atoms with Crippen molar-refractivity contribution in [3.8, 4) is 5.88 Å². The number of ether oxygens (including phenoxy) is 1. The molecule has 0 bridgehead atoms. The first-order valence-electron chi connectivity index (χ1n) is 6.61. The highest BCUT2D eigenvalue weighted by Gasteiger charge is 2.15. The highest BCUT2D eigenvalue weighted by atomic mass is 16.5. The van der Waals surface area contributed by atoms with E-state index in [4.69, 9.17) is 9.84 Å². The van der Waals surface area contributed by atoms with Crippen LogP contribution in [-0.4, -0.2) is 51.8 Å². The van der Waals surface area contributed by atoms with Gasteiger partial charge in [-0.2, -0.15) is 0 Å². The van der Waals surface area contributed by atoms with E-state index in [1.54, 1.807) is 24.3 Å². The molecule has 0 aliphatic carbocycles. The van der Waals surface area contributed by atoms with Crippen LogP contribution in [-0.2, 0) is 9.53 Å². The highest BCUT2D eigenvalue weighted by Crippen LogP contribution is 2.17. The molecular formula is C14H15N3O5. The average molecular weight is 305 g/mol. The number of aliphatic carboxylic acids is 1. The van der Waals surface area contributed by atoms with Crippen LogP contribution in [0.5, 0.6) is 5.88 Å². The molecule has 8 nitrogen and oxygen atoms in total. The Labute approximate surface area is 125 Å². The van der Waals surface area contributed by atoms with Crippen LogP contribution in [0.3, 0.4) is 0 Å². The Morgan fingerprint density at radius 3 is 2.50 bits per heavy atom. The van der Waals surface area contributed by atoms with Crippen LogP contribution < -0.4 is 5.32 Å². The summed E-state index contributed by atoms with van der Waals surface area (Å²) in [5, 5.41) is 20.7. The number of carboxylic acids is 1. The van der Waals surface area contributed by atoms with E-state index in [1.807, 2.05) is 0 Å². The molecule has 0 saturated heterocycles. The quantitative estimate of drug-likeness (QED) is 0.639. The lowest BCUT2D eigenvalue weighted by Gasteiger charge is -2.07. The van der Waals surface area contributed by atoms with Gasteiger partial charge in [-0.25, -0.2) is 9.97 Å². The van der Waals surface area contributed by atoms with E-state index in [0.29, 0.717) is 11.0 Å². The van der Waals surface area contributed by atoms with Gasteiger partial charge in [-0.15, -0.1) is 0 Å². The molecule has 116 valence electrons. The fourth-order valence-electron chi connectivity index (χ4n) is 1.73. The molecule has 0 saturated carbocycles. The fraction of sp³-hybridized carbons (Fsp3) is 0.286. The molecule has 0 aliphatic rings. The molecule has 3 N–H and O–H groups in total. The van der Waals surface area contributed by atoms with E-state index < -0.39 is 17.8 Å². The normalized spacial score (nSPS) is 10.5. The molecule has 8 heteroatoms. The molecular weight excluding hydrogens is 290 g/mol. The zero-order valence-corrected chi connectivity index (χ0v) is 11.7. The second kappa shape index (κ2) is 7.32. The van der Waals surface area contributed by atoms with E-state index in [1.165, 1.54) is 0 Å². The SMILES string of the molecule is O=C(O)CCOCCNC(=O)c1nc2ccccc2nc1O. The molecule has 0 spiro atoms. The van der Waals surface area contributed by atoms with Gasteiger partial charge >= 0.3 is 5.97 Å². The minimum absolute atomic E-state index is 0.0756.